The second kappa shape index (κ2) is 6.47. The number of likely N-dealkylation sites (tertiary alicyclic amines) is 1. The molecule has 1 aromatic carbocycles. The van der Waals surface area contributed by atoms with Gasteiger partial charge in [0.25, 0.3) is 0 Å². The van der Waals surface area contributed by atoms with Crippen LogP contribution in [0.3, 0.4) is 0 Å². The quantitative estimate of drug-likeness (QED) is 0.792. The minimum absolute atomic E-state index is 0.0667. The summed E-state index contributed by atoms with van der Waals surface area (Å²) in [7, 11) is 0. The monoisotopic (exact) mass is 326 g/mol. The second-order valence-corrected chi connectivity index (χ2v) is 6.98. The highest BCUT2D eigenvalue weighted by atomic mass is 32.2. The first-order valence-corrected chi connectivity index (χ1v) is 8.45. The van der Waals surface area contributed by atoms with Gasteiger partial charge in [-0.1, -0.05) is 42.1 Å². The fourth-order valence-electron chi connectivity index (χ4n) is 2.60. The summed E-state index contributed by atoms with van der Waals surface area (Å²) in [4.78, 5) is 18.2. The van der Waals surface area contributed by atoms with E-state index in [4.69, 9.17) is 5.26 Å². The highest BCUT2D eigenvalue weighted by Gasteiger charge is 2.41. The summed E-state index contributed by atoms with van der Waals surface area (Å²) < 4.78 is 2.04. The molecule has 0 unspecified atom stereocenters. The molecular weight excluding hydrogens is 308 g/mol. The van der Waals surface area contributed by atoms with Crippen molar-refractivity contribution >= 4 is 17.7 Å². The van der Waals surface area contributed by atoms with Gasteiger partial charge in [-0.3, -0.25) is 4.79 Å². The van der Waals surface area contributed by atoms with Gasteiger partial charge < -0.3 is 9.47 Å². The van der Waals surface area contributed by atoms with E-state index in [1.165, 1.54) is 17.3 Å². The lowest BCUT2D eigenvalue weighted by Gasteiger charge is -2.43. The van der Waals surface area contributed by atoms with Crippen LogP contribution in [0.4, 0.5) is 0 Å². The first-order valence-electron chi connectivity index (χ1n) is 7.46. The van der Waals surface area contributed by atoms with Gasteiger partial charge in [-0.05, 0) is 12.5 Å². The minimum Gasteiger partial charge on any atom is -0.339 e. The van der Waals surface area contributed by atoms with E-state index in [1.54, 1.807) is 11.1 Å². The molecule has 0 N–H and O–H groups in total. The van der Waals surface area contributed by atoms with E-state index >= 15 is 0 Å². The molecule has 1 aliphatic rings. The Balaban J connectivity index is 1.55. The zero-order valence-corrected chi connectivity index (χ0v) is 13.8. The molecule has 2 aromatic rings. The fraction of sp³-hybridized carbons (Fsp3) is 0.353. The molecule has 1 aliphatic heterocycles. The lowest BCUT2D eigenvalue weighted by atomic mass is 9.84. The highest BCUT2D eigenvalue weighted by Crippen LogP contribution is 2.29. The number of amides is 1. The van der Waals surface area contributed by atoms with Gasteiger partial charge in [0.15, 0.2) is 5.16 Å². The van der Waals surface area contributed by atoms with E-state index in [2.05, 4.69) is 23.2 Å². The average molecular weight is 326 g/mol. The van der Waals surface area contributed by atoms with Gasteiger partial charge >= 0.3 is 0 Å². The van der Waals surface area contributed by atoms with Crippen molar-refractivity contribution in [2.45, 2.75) is 18.6 Å². The molecule has 5 nitrogen and oxygen atoms in total. The molecule has 1 fully saturated rings. The lowest BCUT2D eigenvalue weighted by molar-refractivity contribution is -0.136. The third-order valence-corrected chi connectivity index (χ3v) is 4.89. The zero-order chi connectivity index (χ0) is 16.3. The smallest absolute Gasteiger partial charge is 0.233 e. The molecule has 1 saturated heterocycles. The summed E-state index contributed by atoms with van der Waals surface area (Å²) in [6.07, 6.45) is 3.68. The van der Waals surface area contributed by atoms with E-state index < -0.39 is 0 Å². The number of thioether (sulfide) groups is 1. The van der Waals surface area contributed by atoms with Crippen LogP contribution in [0.1, 0.15) is 12.5 Å². The van der Waals surface area contributed by atoms with E-state index in [9.17, 15) is 4.79 Å². The van der Waals surface area contributed by atoms with Crippen LogP contribution in [-0.2, 0) is 11.3 Å². The Hall–Kier alpha value is -2.26. The van der Waals surface area contributed by atoms with Crippen molar-refractivity contribution in [1.82, 2.24) is 14.5 Å². The van der Waals surface area contributed by atoms with Gasteiger partial charge in [0.1, 0.15) is 0 Å². The summed E-state index contributed by atoms with van der Waals surface area (Å²) in [5.74, 6) is 0.421. The van der Waals surface area contributed by atoms with Crippen LogP contribution in [0, 0.1) is 16.7 Å². The fourth-order valence-corrected chi connectivity index (χ4v) is 3.46. The summed E-state index contributed by atoms with van der Waals surface area (Å²) in [5.41, 5.74) is 0.831. The normalized spacial score (nSPS) is 15.7. The standard InChI is InChI=1S/C17H18N4OS/c1-17(11-18)12-21(13-17)15(22)10-23-16-19-7-8-20(16)9-14-5-3-2-4-6-14/h2-8H,9-10,12-13H2,1H3. The first kappa shape index (κ1) is 15.6. The van der Waals surface area contributed by atoms with E-state index in [1.807, 2.05) is 35.9 Å². The Labute approximate surface area is 139 Å². The van der Waals surface area contributed by atoms with Crippen molar-refractivity contribution in [2.75, 3.05) is 18.8 Å². The van der Waals surface area contributed by atoms with Crippen molar-refractivity contribution in [3.63, 3.8) is 0 Å². The summed E-state index contributed by atoms with van der Waals surface area (Å²) in [6.45, 7) is 3.69. The third kappa shape index (κ3) is 3.57. The number of imidazole rings is 1. The van der Waals surface area contributed by atoms with Gasteiger partial charge in [-0.15, -0.1) is 0 Å². The maximum atomic E-state index is 12.2. The first-order chi connectivity index (χ1) is 11.1. The SMILES string of the molecule is CC1(C#N)CN(C(=O)CSc2nccn2Cc2ccccc2)C1. The molecule has 0 saturated carbocycles. The number of hydrogen-bond donors (Lipinski definition) is 0. The maximum Gasteiger partial charge on any atom is 0.233 e. The van der Waals surface area contributed by atoms with Crippen molar-refractivity contribution in [3.8, 4) is 6.07 Å². The minimum atomic E-state index is -0.369. The Bertz CT molecular complexity index is 729. The van der Waals surface area contributed by atoms with E-state index in [0.717, 1.165) is 11.7 Å². The number of hydrogen-bond acceptors (Lipinski definition) is 4. The topological polar surface area (TPSA) is 61.9 Å². The largest absolute Gasteiger partial charge is 0.339 e. The average Bonchev–Trinajstić information content (AvgIpc) is 2.97. The molecule has 0 radical (unpaired) electrons. The molecule has 118 valence electrons. The maximum absolute atomic E-state index is 12.2. The van der Waals surface area contributed by atoms with Gasteiger partial charge in [0.05, 0.1) is 17.2 Å². The number of aromatic nitrogens is 2. The van der Waals surface area contributed by atoms with Crippen LogP contribution in [0.5, 0.6) is 0 Å². The number of nitriles is 1. The van der Waals surface area contributed by atoms with Crippen LogP contribution in [0.15, 0.2) is 47.9 Å². The van der Waals surface area contributed by atoms with Crippen LogP contribution < -0.4 is 0 Å². The van der Waals surface area contributed by atoms with Crippen LogP contribution in [0.2, 0.25) is 0 Å². The number of rotatable bonds is 5. The van der Waals surface area contributed by atoms with E-state index in [0.29, 0.717) is 18.8 Å². The summed E-state index contributed by atoms with van der Waals surface area (Å²) in [5, 5.41) is 9.83. The van der Waals surface area contributed by atoms with Crippen LogP contribution in [-0.4, -0.2) is 39.2 Å². The van der Waals surface area contributed by atoms with Gasteiger partial charge in [0, 0.05) is 32.0 Å². The van der Waals surface area contributed by atoms with Crippen molar-refractivity contribution in [3.05, 3.63) is 48.3 Å². The predicted octanol–water partition coefficient (Wildman–Crippen LogP) is 2.40. The highest BCUT2D eigenvalue weighted by molar-refractivity contribution is 7.99. The summed E-state index contributed by atoms with van der Waals surface area (Å²) in [6, 6.07) is 12.4. The summed E-state index contributed by atoms with van der Waals surface area (Å²) >= 11 is 1.44. The molecular formula is C17H18N4OS. The molecule has 6 heteroatoms. The predicted molar refractivity (Wildman–Crippen MR) is 88.8 cm³/mol. The number of carbonyl (C=O) groups excluding carboxylic acids is 1. The molecule has 1 amide bonds. The van der Waals surface area contributed by atoms with Gasteiger partial charge in [-0.2, -0.15) is 5.26 Å². The number of nitrogens with zero attached hydrogens (tertiary/aromatic N) is 4. The number of carbonyl (C=O) groups is 1. The Morgan fingerprint density at radius 3 is 2.83 bits per heavy atom. The number of benzene rings is 1. The second-order valence-electron chi connectivity index (χ2n) is 6.03. The van der Waals surface area contributed by atoms with Crippen molar-refractivity contribution in [1.29, 1.82) is 5.26 Å². The Kier molecular flexibility index (Phi) is 4.39. The zero-order valence-electron chi connectivity index (χ0n) is 13.0. The molecule has 0 atom stereocenters. The van der Waals surface area contributed by atoms with Crippen molar-refractivity contribution < 1.29 is 4.79 Å². The Morgan fingerprint density at radius 2 is 2.13 bits per heavy atom. The molecule has 3 rings (SSSR count). The molecule has 0 spiro atoms. The van der Waals surface area contributed by atoms with Gasteiger partial charge in [0.2, 0.25) is 5.91 Å². The van der Waals surface area contributed by atoms with Gasteiger partial charge in [-0.25, -0.2) is 4.98 Å². The van der Waals surface area contributed by atoms with E-state index in [-0.39, 0.29) is 11.3 Å². The van der Waals surface area contributed by atoms with Crippen LogP contribution >= 0.6 is 11.8 Å². The molecule has 2 heterocycles. The molecule has 1 aromatic heterocycles. The lowest BCUT2D eigenvalue weighted by Crippen LogP contribution is -2.56. The molecule has 23 heavy (non-hydrogen) atoms. The molecule has 0 aliphatic carbocycles. The molecule has 0 bridgehead atoms. The Morgan fingerprint density at radius 1 is 1.39 bits per heavy atom. The van der Waals surface area contributed by atoms with Crippen molar-refractivity contribution in [2.24, 2.45) is 5.41 Å². The third-order valence-electron chi connectivity index (χ3n) is 3.90. The van der Waals surface area contributed by atoms with Crippen LogP contribution in [0.25, 0.3) is 0 Å².